The van der Waals surface area contributed by atoms with Gasteiger partial charge in [-0.25, -0.2) is 14.4 Å². The van der Waals surface area contributed by atoms with Crippen molar-refractivity contribution in [2.24, 2.45) is 0 Å². The van der Waals surface area contributed by atoms with Crippen LogP contribution in [0.5, 0.6) is 5.75 Å². The zero-order valence-corrected chi connectivity index (χ0v) is 18.9. The second-order valence-corrected chi connectivity index (χ2v) is 8.29. The van der Waals surface area contributed by atoms with Gasteiger partial charge in [0.25, 0.3) is 0 Å². The number of aryl methyl sites for hydroxylation is 1. The smallest absolute Gasteiger partial charge is 0.159 e. The van der Waals surface area contributed by atoms with Crippen LogP contribution in [0.2, 0.25) is 0 Å². The molecule has 0 N–H and O–H groups in total. The Balaban J connectivity index is 1.65. The van der Waals surface area contributed by atoms with Gasteiger partial charge in [0, 0.05) is 5.56 Å². The lowest BCUT2D eigenvalue weighted by molar-refractivity contribution is 0.302. The van der Waals surface area contributed by atoms with E-state index >= 15 is 0 Å². The predicted molar refractivity (Wildman–Crippen MR) is 124 cm³/mol. The molecule has 1 heterocycles. The van der Waals surface area contributed by atoms with Gasteiger partial charge in [-0.2, -0.15) is 0 Å². The summed E-state index contributed by atoms with van der Waals surface area (Å²) in [5.41, 5.74) is 2.28. The fourth-order valence-corrected chi connectivity index (χ4v) is 3.54. The third kappa shape index (κ3) is 10.2. The Hall–Kier alpha value is -1.97. The summed E-state index contributed by atoms with van der Waals surface area (Å²) in [7, 11) is 0. The number of ether oxygens (including phenoxy) is 1. The first-order valence-electron chi connectivity index (χ1n) is 11.9. The average Bonchev–Trinajstić information content (AvgIpc) is 2.76. The predicted octanol–water partition coefficient (Wildman–Crippen LogP) is 7.73. The molecule has 0 fully saturated rings. The van der Waals surface area contributed by atoms with Gasteiger partial charge < -0.3 is 4.74 Å². The quantitative estimate of drug-likeness (QED) is 0.264. The van der Waals surface area contributed by atoms with E-state index in [0.29, 0.717) is 12.2 Å². The van der Waals surface area contributed by atoms with Gasteiger partial charge in [0.15, 0.2) is 11.6 Å². The third-order valence-corrected chi connectivity index (χ3v) is 5.42. The Labute approximate surface area is 182 Å². The molecule has 0 aliphatic rings. The fourth-order valence-electron chi connectivity index (χ4n) is 3.54. The minimum atomic E-state index is -0.697. The Morgan fingerprint density at radius 3 is 2.10 bits per heavy atom. The second-order valence-electron chi connectivity index (χ2n) is 8.29. The van der Waals surface area contributed by atoms with Gasteiger partial charge in [-0.15, -0.1) is 0 Å². The Bertz CT molecular complexity index is 670. The molecule has 2 aromatic rings. The van der Waals surface area contributed by atoms with Crippen LogP contribution in [0.1, 0.15) is 90.0 Å². The van der Waals surface area contributed by atoms with Crippen LogP contribution in [0, 0.1) is 0 Å². The largest absolute Gasteiger partial charge is 0.490 e. The molecule has 1 aromatic carbocycles. The Kier molecular flexibility index (Phi) is 12.1. The molecular formula is C26H39FN2O. The van der Waals surface area contributed by atoms with Crippen molar-refractivity contribution in [3.8, 4) is 17.1 Å². The van der Waals surface area contributed by atoms with E-state index in [9.17, 15) is 4.39 Å². The van der Waals surface area contributed by atoms with Crippen molar-refractivity contribution in [1.82, 2.24) is 9.97 Å². The summed E-state index contributed by atoms with van der Waals surface area (Å²) in [5.74, 6) is 1.45. The summed E-state index contributed by atoms with van der Waals surface area (Å²) >= 11 is 0. The van der Waals surface area contributed by atoms with Gasteiger partial charge in [-0.05, 0) is 38.2 Å². The van der Waals surface area contributed by atoms with Crippen molar-refractivity contribution in [1.29, 1.82) is 0 Å². The highest BCUT2D eigenvalue weighted by Gasteiger charge is 2.04. The lowest BCUT2D eigenvalue weighted by Crippen LogP contribution is -1.99. The maximum absolute atomic E-state index is 12.8. The Morgan fingerprint density at radius 2 is 1.47 bits per heavy atom. The number of halogens is 1. The zero-order chi connectivity index (χ0) is 21.4. The summed E-state index contributed by atoms with van der Waals surface area (Å²) in [6.07, 6.45) is 16.8. The third-order valence-electron chi connectivity index (χ3n) is 5.42. The van der Waals surface area contributed by atoms with Gasteiger partial charge in [-0.3, -0.25) is 0 Å². The highest BCUT2D eigenvalue weighted by atomic mass is 19.1. The fraction of sp³-hybridized carbons (Fsp3) is 0.615. The summed E-state index contributed by atoms with van der Waals surface area (Å²) in [6, 6.07) is 8.35. The van der Waals surface area contributed by atoms with E-state index in [2.05, 4.69) is 41.2 Å². The molecule has 1 unspecified atom stereocenters. The number of unbranched alkanes of at least 4 members (excludes halogenated alkanes) is 8. The summed E-state index contributed by atoms with van der Waals surface area (Å²) in [4.78, 5) is 8.91. The SMILES string of the molecule is CCCCCCCCCCOc1cnc(-c2ccc(CCCCC(C)F)cc2)nc1. The van der Waals surface area contributed by atoms with Crippen molar-refractivity contribution in [2.75, 3.05) is 6.61 Å². The van der Waals surface area contributed by atoms with E-state index in [-0.39, 0.29) is 0 Å². The lowest BCUT2D eigenvalue weighted by atomic mass is 10.0. The molecule has 2 rings (SSSR count). The molecule has 0 aliphatic carbocycles. The summed E-state index contributed by atoms with van der Waals surface area (Å²) in [6.45, 7) is 4.61. The van der Waals surface area contributed by atoms with Crippen LogP contribution < -0.4 is 4.74 Å². The molecule has 1 aromatic heterocycles. The molecule has 0 aliphatic heterocycles. The van der Waals surface area contributed by atoms with Crippen LogP contribution in [0.15, 0.2) is 36.7 Å². The topological polar surface area (TPSA) is 35.0 Å². The standard InChI is InChI=1S/C26H39FN2O/c1-3-4-5-6-7-8-9-12-19-30-25-20-28-26(29-21-25)24-17-15-23(16-18-24)14-11-10-13-22(2)27/h15-18,20-22H,3-14,19H2,1-2H3. The highest BCUT2D eigenvalue weighted by Crippen LogP contribution is 2.19. The maximum Gasteiger partial charge on any atom is 0.159 e. The molecule has 166 valence electrons. The molecule has 1 atom stereocenters. The maximum atomic E-state index is 12.8. The van der Waals surface area contributed by atoms with Crippen LogP contribution in [0.4, 0.5) is 4.39 Å². The zero-order valence-electron chi connectivity index (χ0n) is 18.9. The van der Waals surface area contributed by atoms with E-state index in [1.165, 1.54) is 50.5 Å². The van der Waals surface area contributed by atoms with E-state index in [0.717, 1.165) is 43.6 Å². The number of hydrogen-bond acceptors (Lipinski definition) is 3. The van der Waals surface area contributed by atoms with E-state index < -0.39 is 6.17 Å². The normalized spacial score (nSPS) is 12.1. The molecule has 0 radical (unpaired) electrons. The molecular weight excluding hydrogens is 375 g/mol. The van der Waals surface area contributed by atoms with Crippen molar-refractivity contribution in [3.63, 3.8) is 0 Å². The van der Waals surface area contributed by atoms with E-state index in [1.54, 1.807) is 19.3 Å². The molecule has 30 heavy (non-hydrogen) atoms. The second kappa shape index (κ2) is 14.9. The molecule has 0 spiro atoms. The molecule has 0 saturated carbocycles. The minimum Gasteiger partial charge on any atom is -0.490 e. The molecule has 0 bridgehead atoms. The average molecular weight is 415 g/mol. The monoisotopic (exact) mass is 414 g/mol. The minimum absolute atomic E-state index is 0.652. The van der Waals surface area contributed by atoms with Crippen molar-refractivity contribution in [3.05, 3.63) is 42.2 Å². The van der Waals surface area contributed by atoms with Gasteiger partial charge in [-0.1, -0.05) is 82.6 Å². The molecule has 0 amide bonds. The van der Waals surface area contributed by atoms with Crippen LogP contribution in [-0.4, -0.2) is 22.7 Å². The number of alkyl halides is 1. The van der Waals surface area contributed by atoms with Gasteiger partial charge >= 0.3 is 0 Å². The van der Waals surface area contributed by atoms with Crippen molar-refractivity contribution in [2.45, 2.75) is 97.1 Å². The molecule has 0 saturated heterocycles. The van der Waals surface area contributed by atoms with Crippen molar-refractivity contribution >= 4 is 0 Å². The molecule has 4 heteroatoms. The molecule has 3 nitrogen and oxygen atoms in total. The van der Waals surface area contributed by atoms with E-state index in [1.807, 2.05) is 0 Å². The first kappa shape index (κ1) is 24.3. The van der Waals surface area contributed by atoms with Gasteiger partial charge in [0.05, 0.1) is 25.2 Å². The van der Waals surface area contributed by atoms with Crippen LogP contribution in [0.25, 0.3) is 11.4 Å². The van der Waals surface area contributed by atoms with Crippen LogP contribution in [0.3, 0.4) is 0 Å². The van der Waals surface area contributed by atoms with Gasteiger partial charge in [0.1, 0.15) is 0 Å². The van der Waals surface area contributed by atoms with Crippen LogP contribution >= 0.6 is 0 Å². The van der Waals surface area contributed by atoms with Gasteiger partial charge in [0.2, 0.25) is 0 Å². The summed E-state index contributed by atoms with van der Waals surface area (Å²) in [5, 5.41) is 0. The van der Waals surface area contributed by atoms with Crippen LogP contribution in [-0.2, 0) is 6.42 Å². The first-order chi connectivity index (χ1) is 14.7. The number of hydrogen-bond donors (Lipinski definition) is 0. The summed E-state index contributed by atoms with van der Waals surface area (Å²) < 4.78 is 18.6. The van der Waals surface area contributed by atoms with E-state index in [4.69, 9.17) is 4.74 Å². The number of aromatic nitrogens is 2. The highest BCUT2D eigenvalue weighted by molar-refractivity contribution is 5.55. The first-order valence-corrected chi connectivity index (χ1v) is 11.9. The Morgan fingerprint density at radius 1 is 0.833 bits per heavy atom. The van der Waals surface area contributed by atoms with Crippen molar-refractivity contribution < 1.29 is 9.13 Å². The number of rotatable bonds is 16. The number of benzene rings is 1. The lowest BCUT2D eigenvalue weighted by Gasteiger charge is -2.07. The number of nitrogens with zero attached hydrogens (tertiary/aromatic N) is 2.